The second-order valence-corrected chi connectivity index (χ2v) is 5.38. The summed E-state index contributed by atoms with van der Waals surface area (Å²) in [6, 6.07) is 6.56. The molecule has 110 valence electrons. The zero-order valence-corrected chi connectivity index (χ0v) is 12.1. The van der Waals surface area contributed by atoms with E-state index in [0.717, 1.165) is 19.4 Å². The van der Waals surface area contributed by atoms with E-state index >= 15 is 0 Å². The summed E-state index contributed by atoms with van der Waals surface area (Å²) in [5.74, 6) is -0.632. The maximum absolute atomic E-state index is 13.8. The molecule has 1 amide bonds. The molecule has 0 aliphatic carbocycles. The molecule has 1 aromatic rings. The largest absolute Gasteiger partial charge is 0.337 e. The summed E-state index contributed by atoms with van der Waals surface area (Å²) in [6.07, 6.45) is 4.37. The van der Waals surface area contributed by atoms with E-state index in [2.05, 4.69) is 5.32 Å². The number of amides is 1. The van der Waals surface area contributed by atoms with E-state index in [9.17, 15) is 9.18 Å². The zero-order valence-electron chi connectivity index (χ0n) is 12.1. The molecule has 1 saturated heterocycles. The lowest BCUT2D eigenvalue weighted by Crippen LogP contribution is -2.46. The van der Waals surface area contributed by atoms with Gasteiger partial charge in [0.25, 0.3) is 5.91 Å². The van der Waals surface area contributed by atoms with E-state index < -0.39 is 5.82 Å². The number of carbonyl (C=O) groups is 1. The van der Waals surface area contributed by atoms with Crippen molar-refractivity contribution in [1.29, 1.82) is 0 Å². The third kappa shape index (κ3) is 3.79. The van der Waals surface area contributed by atoms with E-state index in [0.29, 0.717) is 19.1 Å². The number of hydrogen-bond acceptors (Lipinski definition) is 2. The minimum Gasteiger partial charge on any atom is -0.337 e. The molecule has 0 spiro atoms. The van der Waals surface area contributed by atoms with Crippen molar-refractivity contribution >= 4 is 5.91 Å². The first-order valence-electron chi connectivity index (χ1n) is 7.49. The molecular weight excluding hydrogens is 255 g/mol. The van der Waals surface area contributed by atoms with Crippen LogP contribution >= 0.6 is 0 Å². The molecule has 0 radical (unpaired) electrons. The standard InChI is InChI=1S/C16H23FN2O/c1-2-11-19(12-13-7-5-6-10-18-13)16(20)14-8-3-4-9-15(14)17/h3-4,8-9,13,18H,2,5-7,10-12H2,1H3. The molecule has 1 aliphatic heterocycles. The highest BCUT2D eigenvalue weighted by Crippen LogP contribution is 2.14. The van der Waals surface area contributed by atoms with Gasteiger partial charge in [0.2, 0.25) is 0 Å². The summed E-state index contributed by atoms with van der Waals surface area (Å²) in [4.78, 5) is 14.3. The Hall–Kier alpha value is -1.42. The summed E-state index contributed by atoms with van der Waals surface area (Å²) >= 11 is 0. The van der Waals surface area contributed by atoms with Crippen molar-refractivity contribution in [3.8, 4) is 0 Å². The van der Waals surface area contributed by atoms with E-state index in [4.69, 9.17) is 0 Å². The van der Waals surface area contributed by atoms with Crippen LogP contribution in [0, 0.1) is 5.82 Å². The van der Waals surface area contributed by atoms with Gasteiger partial charge in [0, 0.05) is 19.1 Å². The van der Waals surface area contributed by atoms with Crippen molar-refractivity contribution in [3.63, 3.8) is 0 Å². The predicted molar refractivity (Wildman–Crippen MR) is 78.2 cm³/mol. The Kier molecular flexibility index (Phi) is 5.53. The van der Waals surface area contributed by atoms with Crippen LogP contribution in [0.1, 0.15) is 43.0 Å². The van der Waals surface area contributed by atoms with Gasteiger partial charge in [0.15, 0.2) is 0 Å². The third-order valence-electron chi connectivity index (χ3n) is 3.74. The van der Waals surface area contributed by atoms with Gasteiger partial charge in [-0.05, 0) is 37.9 Å². The lowest BCUT2D eigenvalue weighted by Gasteiger charge is -2.30. The number of hydrogen-bond donors (Lipinski definition) is 1. The molecule has 4 heteroatoms. The molecule has 1 aromatic carbocycles. The van der Waals surface area contributed by atoms with Crippen molar-refractivity contribution in [3.05, 3.63) is 35.6 Å². The van der Waals surface area contributed by atoms with Gasteiger partial charge in [0.05, 0.1) is 5.56 Å². The third-order valence-corrected chi connectivity index (χ3v) is 3.74. The van der Waals surface area contributed by atoms with Gasteiger partial charge in [-0.15, -0.1) is 0 Å². The van der Waals surface area contributed by atoms with E-state index in [1.807, 2.05) is 6.92 Å². The van der Waals surface area contributed by atoms with Crippen molar-refractivity contribution < 1.29 is 9.18 Å². The SMILES string of the molecule is CCCN(CC1CCCCN1)C(=O)c1ccccc1F. The molecule has 2 rings (SSSR count). The van der Waals surface area contributed by atoms with E-state index in [1.165, 1.54) is 18.9 Å². The average molecular weight is 278 g/mol. The maximum Gasteiger partial charge on any atom is 0.256 e. The van der Waals surface area contributed by atoms with Gasteiger partial charge in [0.1, 0.15) is 5.82 Å². The van der Waals surface area contributed by atoms with Crippen LogP contribution in [0.4, 0.5) is 4.39 Å². The van der Waals surface area contributed by atoms with Crippen LogP contribution in [0.15, 0.2) is 24.3 Å². The minimum absolute atomic E-state index is 0.178. The average Bonchev–Trinajstić information content (AvgIpc) is 2.48. The molecule has 1 atom stereocenters. The van der Waals surface area contributed by atoms with Crippen LogP contribution in [0.5, 0.6) is 0 Å². The summed E-state index contributed by atoms with van der Waals surface area (Å²) in [7, 11) is 0. The fourth-order valence-corrected chi connectivity index (χ4v) is 2.70. The Balaban J connectivity index is 2.07. The van der Waals surface area contributed by atoms with Gasteiger partial charge in [-0.25, -0.2) is 4.39 Å². The molecule has 20 heavy (non-hydrogen) atoms. The lowest BCUT2D eigenvalue weighted by atomic mass is 10.0. The highest BCUT2D eigenvalue weighted by molar-refractivity contribution is 5.94. The van der Waals surface area contributed by atoms with Crippen LogP contribution in [0.3, 0.4) is 0 Å². The van der Waals surface area contributed by atoms with Crippen molar-refractivity contribution in [2.75, 3.05) is 19.6 Å². The second-order valence-electron chi connectivity index (χ2n) is 5.38. The first kappa shape index (κ1) is 15.0. The maximum atomic E-state index is 13.8. The molecule has 0 saturated carbocycles. The monoisotopic (exact) mass is 278 g/mol. The highest BCUT2D eigenvalue weighted by Gasteiger charge is 2.22. The van der Waals surface area contributed by atoms with Crippen LogP contribution in [-0.4, -0.2) is 36.5 Å². The smallest absolute Gasteiger partial charge is 0.256 e. The number of nitrogens with one attached hydrogen (secondary N) is 1. The lowest BCUT2D eigenvalue weighted by molar-refractivity contribution is 0.0727. The Morgan fingerprint density at radius 2 is 2.20 bits per heavy atom. The van der Waals surface area contributed by atoms with Gasteiger partial charge < -0.3 is 10.2 Å². The van der Waals surface area contributed by atoms with Gasteiger partial charge >= 0.3 is 0 Å². The van der Waals surface area contributed by atoms with Gasteiger partial charge in [-0.1, -0.05) is 25.5 Å². The Bertz CT molecular complexity index is 444. The molecule has 1 fully saturated rings. The first-order valence-corrected chi connectivity index (χ1v) is 7.49. The number of benzene rings is 1. The van der Waals surface area contributed by atoms with Crippen LogP contribution in [-0.2, 0) is 0 Å². The van der Waals surface area contributed by atoms with E-state index in [-0.39, 0.29) is 11.5 Å². The summed E-state index contributed by atoms with van der Waals surface area (Å²) in [5.41, 5.74) is 0.178. The summed E-state index contributed by atoms with van der Waals surface area (Å²) < 4.78 is 13.8. The molecule has 1 heterocycles. The Morgan fingerprint density at radius 3 is 2.85 bits per heavy atom. The number of halogens is 1. The molecule has 3 nitrogen and oxygen atoms in total. The molecular formula is C16H23FN2O. The van der Waals surface area contributed by atoms with Crippen molar-refractivity contribution in [1.82, 2.24) is 10.2 Å². The second kappa shape index (κ2) is 7.39. The number of rotatable bonds is 5. The van der Waals surface area contributed by atoms with Crippen LogP contribution in [0.2, 0.25) is 0 Å². The molecule has 1 unspecified atom stereocenters. The molecule has 0 aromatic heterocycles. The first-order chi connectivity index (χ1) is 9.72. The Labute approximate surface area is 120 Å². The van der Waals surface area contributed by atoms with Crippen molar-refractivity contribution in [2.24, 2.45) is 0 Å². The predicted octanol–water partition coefficient (Wildman–Crippen LogP) is 2.82. The van der Waals surface area contributed by atoms with Crippen molar-refractivity contribution in [2.45, 2.75) is 38.6 Å². The zero-order chi connectivity index (χ0) is 14.4. The fourth-order valence-electron chi connectivity index (χ4n) is 2.70. The molecule has 1 aliphatic rings. The number of nitrogens with zero attached hydrogens (tertiary/aromatic N) is 1. The van der Waals surface area contributed by atoms with Crippen LogP contribution in [0.25, 0.3) is 0 Å². The topological polar surface area (TPSA) is 32.3 Å². The Morgan fingerprint density at radius 1 is 1.40 bits per heavy atom. The highest BCUT2D eigenvalue weighted by atomic mass is 19.1. The normalized spacial score (nSPS) is 18.8. The number of piperidine rings is 1. The van der Waals surface area contributed by atoms with Gasteiger partial charge in [-0.3, -0.25) is 4.79 Å². The summed E-state index contributed by atoms with van der Waals surface area (Å²) in [6.45, 7) is 4.39. The molecule has 1 N–H and O–H groups in total. The molecule has 0 bridgehead atoms. The fraction of sp³-hybridized carbons (Fsp3) is 0.562. The number of carbonyl (C=O) groups excluding carboxylic acids is 1. The van der Waals surface area contributed by atoms with E-state index in [1.54, 1.807) is 23.1 Å². The quantitative estimate of drug-likeness (QED) is 0.898. The van der Waals surface area contributed by atoms with Crippen LogP contribution < -0.4 is 5.32 Å². The minimum atomic E-state index is -0.435. The van der Waals surface area contributed by atoms with Gasteiger partial charge in [-0.2, -0.15) is 0 Å². The summed E-state index contributed by atoms with van der Waals surface area (Å²) in [5, 5.41) is 3.44.